The first-order chi connectivity index (χ1) is 10.7. The van der Waals surface area contributed by atoms with Gasteiger partial charge in [0, 0.05) is 28.5 Å². The molecule has 0 atom stereocenters. The Morgan fingerprint density at radius 1 is 1.23 bits per heavy atom. The molecule has 1 amide bonds. The molecule has 3 aromatic rings. The van der Waals surface area contributed by atoms with Gasteiger partial charge in [-0.15, -0.1) is 0 Å². The van der Waals surface area contributed by atoms with Gasteiger partial charge in [-0.2, -0.15) is 0 Å². The predicted molar refractivity (Wildman–Crippen MR) is 88.6 cm³/mol. The van der Waals surface area contributed by atoms with Crippen LogP contribution in [0.3, 0.4) is 0 Å². The summed E-state index contributed by atoms with van der Waals surface area (Å²) in [6.45, 7) is 0.223. The van der Waals surface area contributed by atoms with Gasteiger partial charge in [0.1, 0.15) is 12.3 Å². The third kappa shape index (κ3) is 3.07. The summed E-state index contributed by atoms with van der Waals surface area (Å²) in [5.74, 6) is 0.599. The van der Waals surface area contributed by atoms with Crippen molar-refractivity contribution in [1.82, 2.24) is 4.57 Å². The number of anilines is 1. The molecule has 4 nitrogen and oxygen atoms in total. The third-order valence-electron chi connectivity index (χ3n) is 3.40. The number of rotatable bonds is 4. The van der Waals surface area contributed by atoms with E-state index in [2.05, 4.69) is 5.32 Å². The molecule has 0 saturated heterocycles. The first-order valence-electron chi connectivity index (χ1n) is 6.84. The molecule has 0 aliphatic heterocycles. The normalized spacial score (nSPS) is 10.6. The average molecular weight is 315 g/mol. The van der Waals surface area contributed by atoms with Crippen LogP contribution in [0.25, 0.3) is 10.9 Å². The van der Waals surface area contributed by atoms with E-state index in [1.54, 1.807) is 13.2 Å². The molecule has 0 fully saturated rings. The molecule has 1 N–H and O–H groups in total. The maximum absolute atomic E-state index is 12.2. The monoisotopic (exact) mass is 314 g/mol. The zero-order valence-corrected chi connectivity index (χ0v) is 12.8. The van der Waals surface area contributed by atoms with Crippen LogP contribution in [0.2, 0.25) is 5.02 Å². The van der Waals surface area contributed by atoms with Crippen molar-refractivity contribution in [3.63, 3.8) is 0 Å². The second-order valence-electron chi connectivity index (χ2n) is 4.93. The van der Waals surface area contributed by atoms with Gasteiger partial charge in [0.2, 0.25) is 5.91 Å². The molecular formula is C17H15ClN2O2. The predicted octanol–water partition coefficient (Wildman–Crippen LogP) is 3.94. The van der Waals surface area contributed by atoms with Crippen molar-refractivity contribution < 1.29 is 9.53 Å². The van der Waals surface area contributed by atoms with Gasteiger partial charge in [-0.05, 0) is 35.7 Å². The number of methoxy groups -OCH3 is 1. The van der Waals surface area contributed by atoms with Gasteiger partial charge in [0.25, 0.3) is 0 Å². The number of carbonyl (C=O) groups excluding carboxylic acids is 1. The Hall–Kier alpha value is -2.46. The van der Waals surface area contributed by atoms with Crippen molar-refractivity contribution in [2.75, 3.05) is 12.4 Å². The minimum Gasteiger partial charge on any atom is -0.497 e. The molecule has 1 heterocycles. The summed E-state index contributed by atoms with van der Waals surface area (Å²) in [6.07, 6.45) is 1.88. The van der Waals surface area contributed by atoms with Gasteiger partial charge in [0.05, 0.1) is 7.11 Å². The average Bonchev–Trinajstić information content (AvgIpc) is 2.89. The van der Waals surface area contributed by atoms with E-state index in [-0.39, 0.29) is 12.5 Å². The number of hydrogen-bond acceptors (Lipinski definition) is 2. The lowest BCUT2D eigenvalue weighted by molar-refractivity contribution is -0.116. The van der Waals surface area contributed by atoms with Crippen molar-refractivity contribution in [2.45, 2.75) is 6.54 Å². The van der Waals surface area contributed by atoms with Crippen molar-refractivity contribution in [3.8, 4) is 5.75 Å². The van der Waals surface area contributed by atoms with Crippen LogP contribution in [-0.2, 0) is 11.3 Å². The van der Waals surface area contributed by atoms with Crippen LogP contribution in [0, 0.1) is 0 Å². The molecule has 0 aliphatic carbocycles. The Bertz CT molecular complexity index is 826. The topological polar surface area (TPSA) is 43.3 Å². The van der Waals surface area contributed by atoms with Gasteiger partial charge < -0.3 is 14.6 Å². The fourth-order valence-electron chi connectivity index (χ4n) is 2.35. The number of halogens is 1. The van der Waals surface area contributed by atoms with E-state index in [0.29, 0.717) is 16.5 Å². The molecule has 112 valence electrons. The number of carbonyl (C=O) groups is 1. The van der Waals surface area contributed by atoms with E-state index in [9.17, 15) is 4.79 Å². The summed E-state index contributed by atoms with van der Waals surface area (Å²) in [4.78, 5) is 12.2. The highest BCUT2D eigenvalue weighted by Gasteiger charge is 2.07. The Kier molecular flexibility index (Phi) is 4.02. The summed E-state index contributed by atoms with van der Waals surface area (Å²) < 4.78 is 7.01. The third-order valence-corrected chi connectivity index (χ3v) is 3.64. The fraction of sp³-hybridized carbons (Fsp3) is 0.118. The van der Waals surface area contributed by atoms with Crippen LogP contribution < -0.4 is 10.1 Å². The molecule has 1 aromatic heterocycles. The van der Waals surface area contributed by atoms with E-state index in [1.165, 1.54) is 0 Å². The standard InChI is InChI=1S/C17H15ClN2O2/c1-22-15-4-2-3-14(10-15)19-17(21)11-20-8-7-12-5-6-13(18)9-16(12)20/h2-10H,11H2,1H3,(H,19,21). The van der Waals surface area contributed by atoms with Crippen molar-refractivity contribution in [2.24, 2.45) is 0 Å². The molecular weight excluding hydrogens is 300 g/mol. The molecule has 3 rings (SSSR count). The highest BCUT2D eigenvalue weighted by Crippen LogP contribution is 2.21. The Morgan fingerprint density at radius 2 is 2.09 bits per heavy atom. The van der Waals surface area contributed by atoms with E-state index < -0.39 is 0 Å². The minimum atomic E-state index is -0.106. The maximum Gasteiger partial charge on any atom is 0.244 e. The van der Waals surface area contributed by atoms with Crippen LogP contribution in [0.1, 0.15) is 0 Å². The Morgan fingerprint density at radius 3 is 2.91 bits per heavy atom. The summed E-state index contributed by atoms with van der Waals surface area (Å²) >= 11 is 6.02. The molecule has 0 unspecified atom stereocenters. The van der Waals surface area contributed by atoms with E-state index in [4.69, 9.17) is 16.3 Å². The number of hydrogen-bond donors (Lipinski definition) is 1. The summed E-state index contributed by atoms with van der Waals surface area (Å²) in [5, 5.41) is 4.57. The van der Waals surface area contributed by atoms with Gasteiger partial charge in [-0.3, -0.25) is 4.79 Å². The first kappa shape index (κ1) is 14.5. The highest BCUT2D eigenvalue weighted by atomic mass is 35.5. The van der Waals surface area contributed by atoms with Gasteiger partial charge >= 0.3 is 0 Å². The fourth-order valence-corrected chi connectivity index (χ4v) is 2.52. The molecule has 0 saturated carbocycles. The smallest absolute Gasteiger partial charge is 0.244 e. The van der Waals surface area contributed by atoms with Crippen LogP contribution >= 0.6 is 11.6 Å². The van der Waals surface area contributed by atoms with Crippen LogP contribution in [0.5, 0.6) is 5.75 Å². The van der Waals surface area contributed by atoms with Crippen molar-refractivity contribution >= 4 is 34.1 Å². The summed E-state index contributed by atoms with van der Waals surface area (Å²) in [6, 6.07) is 14.9. The number of nitrogens with zero attached hydrogens (tertiary/aromatic N) is 1. The summed E-state index contributed by atoms with van der Waals surface area (Å²) in [5.41, 5.74) is 1.65. The molecule has 0 bridgehead atoms. The van der Waals surface area contributed by atoms with Crippen LogP contribution in [0.15, 0.2) is 54.7 Å². The zero-order valence-electron chi connectivity index (χ0n) is 12.0. The SMILES string of the molecule is COc1cccc(NC(=O)Cn2ccc3ccc(Cl)cc32)c1. The minimum absolute atomic E-state index is 0.106. The van der Waals surface area contributed by atoms with Gasteiger partial charge in [-0.25, -0.2) is 0 Å². The van der Waals surface area contributed by atoms with Gasteiger partial charge in [-0.1, -0.05) is 23.7 Å². The lowest BCUT2D eigenvalue weighted by Gasteiger charge is -2.09. The number of benzene rings is 2. The lowest BCUT2D eigenvalue weighted by Crippen LogP contribution is -2.18. The second-order valence-corrected chi connectivity index (χ2v) is 5.36. The van der Waals surface area contributed by atoms with Gasteiger partial charge in [0.15, 0.2) is 0 Å². The highest BCUT2D eigenvalue weighted by molar-refractivity contribution is 6.31. The molecule has 2 aromatic carbocycles. The molecule has 22 heavy (non-hydrogen) atoms. The number of nitrogens with one attached hydrogen (secondary N) is 1. The van der Waals surface area contributed by atoms with Crippen molar-refractivity contribution in [1.29, 1.82) is 0 Å². The quantitative estimate of drug-likeness (QED) is 0.792. The molecule has 0 spiro atoms. The molecule has 0 aliphatic rings. The van der Waals surface area contributed by atoms with E-state index in [0.717, 1.165) is 10.9 Å². The summed E-state index contributed by atoms with van der Waals surface area (Å²) in [7, 11) is 1.59. The number of fused-ring (bicyclic) bond motifs is 1. The molecule has 0 radical (unpaired) electrons. The zero-order chi connectivity index (χ0) is 15.5. The molecule has 5 heteroatoms. The van der Waals surface area contributed by atoms with Crippen LogP contribution in [0.4, 0.5) is 5.69 Å². The lowest BCUT2D eigenvalue weighted by atomic mass is 10.2. The Labute approximate surface area is 133 Å². The number of amides is 1. The Balaban J connectivity index is 1.76. The van der Waals surface area contributed by atoms with E-state index >= 15 is 0 Å². The number of aromatic nitrogens is 1. The van der Waals surface area contributed by atoms with Crippen molar-refractivity contribution in [3.05, 3.63) is 59.8 Å². The van der Waals surface area contributed by atoms with Crippen LogP contribution in [-0.4, -0.2) is 17.6 Å². The largest absolute Gasteiger partial charge is 0.497 e. The van der Waals surface area contributed by atoms with E-state index in [1.807, 2.05) is 53.2 Å². The first-order valence-corrected chi connectivity index (χ1v) is 7.22. The second kappa shape index (κ2) is 6.12. The maximum atomic E-state index is 12.2. The number of ether oxygens (including phenoxy) is 1.